The summed E-state index contributed by atoms with van der Waals surface area (Å²) in [6, 6.07) is 22.1. The van der Waals surface area contributed by atoms with Crippen LogP contribution in [0.1, 0.15) is 42.4 Å². The number of carbonyl (C=O) groups is 2. The molecule has 5 nitrogen and oxygen atoms in total. The normalized spacial score (nSPS) is 14.2. The number of aryl methyl sites for hydroxylation is 1. The Balaban J connectivity index is 1.61. The van der Waals surface area contributed by atoms with Crippen molar-refractivity contribution in [3.63, 3.8) is 0 Å². The van der Waals surface area contributed by atoms with Gasteiger partial charge >= 0.3 is 0 Å². The first-order valence-corrected chi connectivity index (χ1v) is 13.4. The summed E-state index contributed by atoms with van der Waals surface area (Å²) in [6.45, 7) is 2.05. The summed E-state index contributed by atoms with van der Waals surface area (Å²) in [5.41, 5.74) is 3.05. The summed E-state index contributed by atoms with van der Waals surface area (Å²) in [7, 11) is 0. The van der Waals surface area contributed by atoms with Gasteiger partial charge in [-0.1, -0.05) is 96.2 Å². The standard InChI is InChI=1S/C30H32Cl2N2O3/c1-21-11-13-23(14-12-21)19-34(29(35)20-37-28-16-15-24(31)18-26(28)32)27(17-22-7-3-2-4-8-22)30(36)33-25-9-5-6-10-25/h2-4,7-8,11-16,18,25,27H,5-6,9-10,17,19-20H2,1H3,(H,33,36). The van der Waals surface area contributed by atoms with Crippen LogP contribution in [0.4, 0.5) is 0 Å². The maximum Gasteiger partial charge on any atom is 0.261 e. The fourth-order valence-corrected chi connectivity index (χ4v) is 5.09. The highest BCUT2D eigenvalue weighted by Gasteiger charge is 2.32. The van der Waals surface area contributed by atoms with Crippen molar-refractivity contribution in [2.24, 2.45) is 0 Å². The molecule has 1 saturated carbocycles. The van der Waals surface area contributed by atoms with Crippen molar-refractivity contribution in [3.05, 3.63) is 99.5 Å². The van der Waals surface area contributed by atoms with Crippen LogP contribution in [0.3, 0.4) is 0 Å². The number of carbonyl (C=O) groups excluding carboxylic acids is 2. The Kier molecular flexibility index (Phi) is 9.48. The highest BCUT2D eigenvalue weighted by Crippen LogP contribution is 2.28. The van der Waals surface area contributed by atoms with Crippen molar-refractivity contribution < 1.29 is 14.3 Å². The van der Waals surface area contributed by atoms with Gasteiger partial charge < -0.3 is 15.0 Å². The Morgan fingerprint density at radius 3 is 2.35 bits per heavy atom. The van der Waals surface area contributed by atoms with Gasteiger partial charge in [0, 0.05) is 24.0 Å². The van der Waals surface area contributed by atoms with Gasteiger partial charge in [0.25, 0.3) is 5.91 Å². The SMILES string of the molecule is Cc1ccc(CN(C(=O)COc2ccc(Cl)cc2Cl)C(Cc2ccccc2)C(=O)NC2CCCC2)cc1. The fourth-order valence-electron chi connectivity index (χ4n) is 4.63. The van der Waals surface area contributed by atoms with Crippen LogP contribution in [0.15, 0.2) is 72.8 Å². The predicted molar refractivity (Wildman–Crippen MR) is 148 cm³/mol. The molecule has 1 aliphatic rings. The van der Waals surface area contributed by atoms with Gasteiger partial charge in [0.1, 0.15) is 11.8 Å². The first-order chi connectivity index (χ1) is 17.9. The zero-order valence-corrected chi connectivity index (χ0v) is 22.5. The highest BCUT2D eigenvalue weighted by atomic mass is 35.5. The second-order valence-corrected chi connectivity index (χ2v) is 10.4. The first kappa shape index (κ1) is 27.0. The molecule has 0 aromatic heterocycles. The van der Waals surface area contributed by atoms with Crippen molar-refractivity contribution >= 4 is 35.0 Å². The van der Waals surface area contributed by atoms with Gasteiger partial charge in [-0.25, -0.2) is 0 Å². The Morgan fingerprint density at radius 1 is 0.973 bits per heavy atom. The molecule has 0 aliphatic heterocycles. The molecule has 1 aliphatic carbocycles. The molecule has 4 rings (SSSR count). The van der Waals surface area contributed by atoms with Gasteiger partial charge in [-0.15, -0.1) is 0 Å². The number of halogens is 2. The van der Waals surface area contributed by atoms with Crippen LogP contribution >= 0.6 is 23.2 Å². The van der Waals surface area contributed by atoms with E-state index in [1.807, 2.05) is 61.5 Å². The maximum atomic E-state index is 13.7. The summed E-state index contributed by atoms with van der Waals surface area (Å²) in [5, 5.41) is 4.02. The van der Waals surface area contributed by atoms with Gasteiger partial charge in [-0.05, 0) is 49.1 Å². The Hall–Kier alpha value is -3.02. The van der Waals surface area contributed by atoms with E-state index in [1.165, 1.54) is 0 Å². The zero-order valence-electron chi connectivity index (χ0n) is 21.0. The molecule has 0 heterocycles. The molecule has 1 unspecified atom stereocenters. The molecule has 2 amide bonds. The van der Waals surface area contributed by atoms with Crippen LogP contribution in [-0.4, -0.2) is 35.4 Å². The Bertz CT molecular complexity index is 1200. The van der Waals surface area contributed by atoms with Crippen molar-refractivity contribution in [2.45, 2.75) is 57.7 Å². The third kappa shape index (κ3) is 7.73. The summed E-state index contributed by atoms with van der Waals surface area (Å²) in [4.78, 5) is 29.0. The Morgan fingerprint density at radius 2 is 1.68 bits per heavy atom. The van der Waals surface area contributed by atoms with Crippen molar-refractivity contribution in [1.29, 1.82) is 0 Å². The molecule has 1 N–H and O–H groups in total. The molecule has 0 spiro atoms. The number of nitrogens with zero attached hydrogens (tertiary/aromatic N) is 1. The maximum absolute atomic E-state index is 13.7. The minimum absolute atomic E-state index is 0.138. The van der Waals surface area contributed by atoms with Crippen molar-refractivity contribution in [2.75, 3.05) is 6.61 Å². The van der Waals surface area contributed by atoms with Crippen LogP contribution in [-0.2, 0) is 22.6 Å². The summed E-state index contributed by atoms with van der Waals surface area (Å²) in [5.74, 6) is -0.0699. The number of hydrogen-bond acceptors (Lipinski definition) is 3. The first-order valence-electron chi connectivity index (χ1n) is 12.7. The number of nitrogens with one attached hydrogen (secondary N) is 1. The van der Waals surface area contributed by atoms with Crippen molar-refractivity contribution in [3.8, 4) is 5.75 Å². The molecule has 194 valence electrons. The molecule has 7 heteroatoms. The molecule has 1 atom stereocenters. The van der Waals surface area contributed by atoms with Gasteiger partial charge in [-0.2, -0.15) is 0 Å². The number of amides is 2. The van der Waals surface area contributed by atoms with Crippen LogP contribution in [0, 0.1) is 6.92 Å². The number of rotatable bonds is 10. The molecule has 3 aromatic carbocycles. The quantitative estimate of drug-likeness (QED) is 0.325. The minimum Gasteiger partial charge on any atom is -0.482 e. The predicted octanol–water partition coefficient (Wildman–Crippen LogP) is 6.38. The average molecular weight is 540 g/mol. The highest BCUT2D eigenvalue weighted by molar-refractivity contribution is 6.35. The van der Waals surface area contributed by atoms with E-state index in [0.717, 1.165) is 42.4 Å². The molecular formula is C30H32Cl2N2O3. The molecule has 0 saturated heterocycles. The van der Waals surface area contributed by atoms with E-state index in [0.29, 0.717) is 22.2 Å². The van der Waals surface area contributed by atoms with Crippen LogP contribution in [0.25, 0.3) is 0 Å². The third-order valence-corrected chi connectivity index (χ3v) is 7.22. The monoisotopic (exact) mass is 538 g/mol. The summed E-state index contributed by atoms with van der Waals surface area (Å²) >= 11 is 12.2. The van der Waals surface area contributed by atoms with Gasteiger partial charge in [-0.3, -0.25) is 9.59 Å². The molecular weight excluding hydrogens is 507 g/mol. The lowest BCUT2D eigenvalue weighted by molar-refractivity contribution is -0.143. The second-order valence-electron chi connectivity index (χ2n) is 9.57. The van der Waals surface area contributed by atoms with E-state index in [4.69, 9.17) is 27.9 Å². The molecule has 1 fully saturated rings. The average Bonchev–Trinajstić information content (AvgIpc) is 3.40. The number of benzene rings is 3. The van der Waals surface area contributed by atoms with Crippen LogP contribution < -0.4 is 10.1 Å². The van der Waals surface area contributed by atoms with E-state index in [2.05, 4.69) is 5.32 Å². The lowest BCUT2D eigenvalue weighted by Gasteiger charge is -2.32. The molecule has 3 aromatic rings. The lowest BCUT2D eigenvalue weighted by atomic mass is 10.0. The summed E-state index contributed by atoms with van der Waals surface area (Å²) < 4.78 is 5.79. The van der Waals surface area contributed by atoms with Crippen LogP contribution in [0.2, 0.25) is 10.0 Å². The van der Waals surface area contributed by atoms with Gasteiger partial charge in [0.15, 0.2) is 6.61 Å². The van der Waals surface area contributed by atoms with E-state index in [9.17, 15) is 9.59 Å². The minimum atomic E-state index is -0.693. The smallest absolute Gasteiger partial charge is 0.261 e. The third-order valence-electron chi connectivity index (χ3n) is 6.69. The topological polar surface area (TPSA) is 58.6 Å². The molecule has 0 radical (unpaired) electrons. The van der Waals surface area contributed by atoms with Crippen molar-refractivity contribution in [1.82, 2.24) is 10.2 Å². The fraction of sp³-hybridized carbons (Fsp3) is 0.333. The van der Waals surface area contributed by atoms with E-state index < -0.39 is 6.04 Å². The van der Waals surface area contributed by atoms with E-state index in [-0.39, 0.29) is 31.0 Å². The van der Waals surface area contributed by atoms with E-state index >= 15 is 0 Å². The number of hydrogen-bond donors (Lipinski definition) is 1. The lowest BCUT2D eigenvalue weighted by Crippen LogP contribution is -2.53. The van der Waals surface area contributed by atoms with E-state index in [1.54, 1.807) is 23.1 Å². The molecule has 37 heavy (non-hydrogen) atoms. The zero-order chi connectivity index (χ0) is 26.2. The summed E-state index contributed by atoms with van der Waals surface area (Å²) in [6.07, 6.45) is 4.55. The van der Waals surface area contributed by atoms with Gasteiger partial charge in [0.2, 0.25) is 5.91 Å². The van der Waals surface area contributed by atoms with Gasteiger partial charge in [0.05, 0.1) is 5.02 Å². The molecule has 0 bridgehead atoms. The Labute approximate surface area is 228 Å². The number of ether oxygens (including phenoxy) is 1. The largest absolute Gasteiger partial charge is 0.482 e. The van der Waals surface area contributed by atoms with Crippen LogP contribution in [0.5, 0.6) is 5.75 Å². The second kappa shape index (κ2) is 13.0.